The molecule has 17 heavy (non-hydrogen) atoms. The molecule has 3 nitrogen and oxygen atoms in total. The summed E-state index contributed by atoms with van der Waals surface area (Å²) in [6.45, 7) is 8.81. The average Bonchev–Trinajstić information content (AvgIpc) is 3.04. The van der Waals surface area contributed by atoms with E-state index < -0.39 is 0 Å². The topological polar surface area (TPSA) is 32.3 Å². The Morgan fingerprint density at radius 2 is 2.29 bits per heavy atom. The average molecular weight is 236 g/mol. The van der Waals surface area contributed by atoms with E-state index in [9.17, 15) is 4.79 Å². The second kappa shape index (κ2) is 5.67. The first-order chi connectivity index (χ1) is 8.19. The van der Waals surface area contributed by atoms with E-state index in [1.807, 2.05) is 4.90 Å². The number of hydrogen-bond acceptors (Lipinski definition) is 2. The fourth-order valence-corrected chi connectivity index (χ4v) is 2.51. The third-order valence-electron chi connectivity index (χ3n) is 3.62. The maximum Gasteiger partial charge on any atom is 0.223 e. The van der Waals surface area contributed by atoms with Gasteiger partial charge in [-0.25, -0.2) is 0 Å². The van der Waals surface area contributed by atoms with E-state index in [2.05, 4.69) is 18.8 Å². The molecule has 2 rings (SSSR count). The van der Waals surface area contributed by atoms with Gasteiger partial charge in [-0.3, -0.25) is 4.79 Å². The zero-order valence-corrected chi connectivity index (χ0v) is 10.9. The zero-order chi connectivity index (χ0) is 12.3. The van der Waals surface area contributed by atoms with Crippen LogP contribution in [0.25, 0.3) is 0 Å². The summed E-state index contributed by atoms with van der Waals surface area (Å²) >= 11 is 0. The van der Waals surface area contributed by atoms with Crippen LogP contribution in [0.2, 0.25) is 0 Å². The Kier molecular flexibility index (Phi) is 4.21. The summed E-state index contributed by atoms with van der Waals surface area (Å²) in [4.78, 5) is 13.8. The van der Waals surface area contributed by atoms with Crippen LogP contribution in [-0.4, -0.2) is 36.5 Å². The summed E-state index contributed by atoms with van der Waals surface area (Å²) in [5, 5.41) is 3.44. The number of nitrogens with one attached hydrogen (secondary N) is 1. The molecule has 2 aliphatic rings. The number of rotatable bonds is 7. The Bertz CT molecular complexity index is 297. The lowest BCUT2D eigenvalue weighted by Crippen LogP contribution is -2.31. The van der Waals surface area contributed by atoms with Crippen molar-refractivity contribution < 1.29 is 4.79 Å². The number of hydrogen-bond donors (Lipinski definition) is 1. The molecule has 1 unspecified atom stereocenters. The summed E-state index contributed by atoms with van der Waals surface area (Å²) in [5.41, 5.74) is 1.14. The van der Waals surface area contributed by atoms with Crippen LogP contribution in [0.5, 0.6) is 0 Å². The second-order valence-corrected chi connectivity index (χ2v) is 5.54. The Labute approximate surface area is 104 Å². The van der Waals surface area contributed by atoms with Crippen LogP contribution in [0.4, 0.5) is 0 Å². The van der Waals surface area contributed by atoms with E-state index in [0.717, 1.165) is 31.6 Å². The van der Waals surface area contributed by atoms with E-state index in [1.165, 1.54) is 25.7 Å². The number of carbonyl (C=O) groups excluding carboxylic acids is 1. The highest BCUT2D eigenvalue weighted by Crippen LogP contribution is 2.23. The second-order valence-electron chi connectivity index (χ2n) is 5.54. The molecule has 1 saturated carbocycles. The molecule has 0 aromatic heterocycles. The van der Waals surface area contributed by atoms with Crippen molar-refractivity contribution in [1.82, 2.24) is 10.2 Å². The maximum absolute atomic E-state index is 11.8. The highest BCUT2D eigenvalue weighted by molar-refractivity contribution is 5.78. The van der Waals surface area contributed by atoms with E-state index in [-0.39, 0.29) is 0 Å². The monoisotopic (exact) mass is 236 g/mol. The molecule has 0 radical (unpaired) electrons. The SMILES string of the molecule is C=C(CNC1CC1)CN1CC(CCC)CC1=O. The van der Waals surface area contributed by atoms with Crippen LogP contribution in [0, 0.1) is 5.92 Å². The molecule has 96 valence electrons. The molecule has 0 aromatic carbocycles. The fourth-order valence-electron chi connectivity index (χ4n) is 2.51. The molecule has 1 atom stereocenters. The first-order valence-corrected chi connectivity index (χ1v) is 6.86. The van der Waals surface area contributed by atoms with Gasteiger partial charge in [0.1, 0.15) is 0 Å². The van der Waals surface area contributed by atoms with Crippen molar-refractivity contribution in [2.24, 2.45) is 5.92 Å². The molecular weight excluding hydrogens is 212 g/mol. The smallest absolute Gasteiger partial charge is 0.223 e. The molecule has 0 aromatic rings. The minimum Gasteiger partial charge on any atom is -0.338 e. The van der Waals surface area contributed by atoms with Crippen LogP contribution in [0.1, 0.15) is 39.0 Å². The largest absolute Gasteiger partial charge is 0.338 e. The molecule has 0 spiro atoms. The van der Waals surface area contributed by atoms with Gasteiger partial charge in [0.15, 0.2) is 0 Å². The van der Waals surface area contributed by atoms with Gasteiger partial charge in [-0.05, 0) is 30.8 Å². The first kappa shape index (κ1) is 12.6. The lowest BCUT2D eigenvalue weighted by Gasteiger charge is -2.18. The number of amides is 1. The van der Waals surface area contributed by atoms with E-state index in [1.54, 1.807) is 0 Å². The van der Waals surface area contributed by atoms with Crippen LogP contribution in [0.15, 0.2) is 12.2 Å². The Morgan fingerprint density at radius 1 is 1.53 bits per heavy atom. The number of carbonyl (C=O) groups is 1. The molecule has 1 amide bonds. The van der Waals surface area contributed by atoms with Gasteiger partial charge in [-0.15, -0.1) is 0 Å². The van der Waals surface area contributed by atoms with Crippen molar-refractivity contribution in [3.8, 4) is 0 Å². The molecule has 1 aliphatic heterocycles. The van der Waals surface area contributed by atoms with Crippen LogP contribution in [-0.2, 0) is 4.79 Å². The minimum absolute atomic E-state index is 0.316. The summed E-state index contributed by atoms with van der Waals surface area (Å²) in [5.74, 6) is 0.896. The lowest BCUT2D eigenvalue weighted by atomic mass is 10.0. The molecule has 1 saturated heterocycles. The van der Waals surface area contributed by atoms with Gasteiger partial charge in [-0.1, -0.05) is 19.9 Å². The molecular formula is C14H24N2O. The molecule has 1 heterocycles. The number of nitrogens with zero attached hydrogens (tertiary/aromatic N) is 1. The number of likely N-dealkylation sites (tertiary alicyclic amines) is 1. The molecule has 1 aliphatic carbocycles. The van der Waals surface area contributed by atoms with E-state index >= 15 is 0 Å². The van der Waals surface area contributed by atoms with Crippen LogP contribution in [0.3, 0.4) is 0 Å². The quantitative estimate of drug-likeness (QED) is 0.685. The molecule has 0 bridgehead atoms. The highest BCUT2D eigenvalue weighted by Gasteiger charge is 2.29. The van der Waals surface area contributed by atoms with Crippen molar-refractivity contribution >= 4 is 5.91 Å². The maximum atomic E-state index is 11.8. The van der Waals surface area contributed by atoms with Gasteiger partial charge < -0.3 is 10.2 Å². The van der Waals surface area contributed by atoms with E-state index in [0.29, 0.717) is 17.9 Å². The van der Waals surface area contributed by atoms with Gasteiger partial charge in [0.25, 0.3) is 0 Å². The van der Waals surface area contributed by atoms with Crippen LogP contribution >= 0.6 is 0 Å². The first-order valence-electron chi connectivity index (χ1n) is 6.86. The Morgan fingerprint density at radius 3 is 2.94 bits per heavy atom. The predicted octanol–water partition coefficient (Wildman–Crippen LogP) is 1.94. The Hall–Kier alpha value is -0.830. The third kappa shape index (κ3) is 3.84. The lowest BCUT2D eigenvalue weighted by molar-refractivity contribution is -0.127. The van der Waals surface area contributed by atoms with Crippen molar-refractivity contribution in [2.75, 3.05) is 19.6 Å². The summed E-state index contributed by atoms with van der Waals surface area (Å²) in [6.07, 6.45) is 5.70. The predicted molar refractivity (Wildman–Crippen MR) is 69.8 cm³/mol. The minimum atomic E-state index is 0.316. The van der Waals surface area contributed by atoms with Crippen molar-refractivity contribution in [3.05, 3.63) is 12.2 Å². The standard InChI is InChI=1S/C14H24N2O/c1-3-4-12-7-14(17)16(10-12)9-11(2)8-15-13-5-6-13/h12-13,15H,2-10H2,1H3. The Balaban J connectivity index is 1.70. The molecule has 2 fully saturated rings. The van der Waals surface area contributed by atoms with Gasteiger partial charge in [0, 0.05) is 32.1 Å². The summed E-state index contributed by atoms with van der Waals surface area (Å²) in [6, 6.07) is 0.717. The van der Waals surface area contributed by atoms with E-state index in [4.69, 9.17) is 0 Å². The van der Waals surface area contributed by atoms with Gasteiger partial charge in [-0.2, -0.15) is 0 Å². The van der Waals surface area contributed by atoms with Gasteiger partial charge >= 0.3 is 0 Å². The van der Waals surface area contributed by atoms with Crippen molar-refractivity contribution in [1.29, 1.82) is 0 Å². The van der Waals surface area contributed by atoms with Crippen LogP contribution < -0.4 is 5.32 Å². The fraction of sp³-hybridized carbons (Fsp3) is 0.786. The normalized spacial score (nSPS) is 24.4. The third-order valence-corrected chi connectivity index (χ3v) is 3.62. The van der Waals surface area contributed by atoms with Gasteiger partial charge in [0.05, 0.1) is 0 Å². The van der Waals surface area contributed by atoms with Crippen molar-refractivity contribution in [2.45, 2.75) is 45.1 Å². The van der Waals surface area contributed by atoms with Gasteiger partial charge in [0.2, 0.25) is 5.91 Å². The van der Waals surface area contributed by atoms with Crippen molar-refractivity contribution in [3.63, 3.8) is 0 Å². The summed E-state index contributed by atoms with van der Waals surface area (Å²) in [7, 11) is 0. The highest BCUT2D eigenvalue weighted by atomic mass is 16.2. The molecule has 3 heteroatoms. The zero-order valence-electron chi connectivity index (χ0n) is 10.9. The summed E-state index contributed by atoms with van der Waals surface area (Å²) < 4.78 is 0. The molecule has 1 N–H and O–H groups in total.